The van der Waals surface area contributed by atoms with E-state index in [1.165, 1.54) is 60.7 Å². The van der Waals surface area contributed by atoms with Gasteiger partial charge in [0.15, 0.2) is 17.5 Å². The molecule has 0 bridgehead atoms. The number of nitriles is 3. The van der Waals surface area contributed by atoms with E-state index >= 15 is 0 Å². The van der Waals surface area contributed by atoms with E-state index in [-0.39, 0.29) is 98.4 Å². The number of esters is 2. The highest BCUT2D eigenvalue weighted by Crippen LogP contribution is 2.49. The quantitative estimate of drug-likeness (QED) is 0.0563. The van der Waals surface area contributed by atoms with Gasteiger partial charge in [-0.15, -0.1) is 0 Å². The Morgan fingerprint density at radius 3 is 1.59 bits per heavy atom. The summed E-state index contributed by atoms with van der Waals surface area (Å²) < 4.78 is 37.0. The highest BCUT2D eigenvalue weighted by atomic mass is 35.5. The Bertz CT molecular complexity index is 5810. The molecule has 6 aromatic heterocycles. The van der Waals surface area contributed by atoms with Gasteiger partial charge in [-0.3, -0.25) is 47.8 Å². The number of aromatic nitrogens is 11. The topological polar surface area (TPSA) is 355 Å². The van der Waals surface area contributed by atoms with Gasteiger partial charge in [0, 0.05) is 120 Å². The normalized spacial score (nSPS) is 20.5. The van der Waals surface area contributed by atoms with Crippen LogP contribution in [0.25, 0.3) is 11.3 Å². The number of aromatic amines is 1. The number of H-pyrrole nitrogens is 1. The first-order valence-corrected chi connectivity index (χ1v) is 43.5. The van der Waals surface area contributed by atoms with Crippen molar-refractivity contribution in [2.75, 3.05) is 99.3 Å². The number of amides is 4. The highest BCUT2D eigenvalue weighted by Gasteiger charge is 2.50. The van der Waals surface area contributed by atoms with Crippen LogP contribution in [0.1, 0.15) is 140 Å². The van der Waals surface area contributed by atoms with Gasteiger partial charge >= 0.3 is 18.0 Å². The number of halogens is 2. The smallest absolute Gasteiger partial charge is 0.417 e. The third kappa shape index (κ3) is 21.9. The van der Waals surface area contributed by atoms with E-state index in [0.29, 0.717) is 19.4 Å². The first-order chi connectivity index (χ1) is 61.9. The number of rotatable bonds is 17. The molecule has 3 N–H and O–H groups in total. The highest BCUT2D eigenvalue weighted by molar-refractivity contribution is 6.35. The summed E-state index contributed by atoms with van der Waals surface area (Å²) in [6.45, 7) is 16.3. The summed E-state index contributed by atoms with van der Waals surface area (Å²) in [5.41, 5.74) is 4.64. The Hall–Kier alpha value is -14.0. The number of carbonyl (C=O) groups is 6. The van der Waals surface area contributed by atoms with Gasteiger partial charge in [-0.1, -0.05) is 139 Å². The molecule has 4 amide bonds. The largest absolute Gasteiger partial charge is 0.469 e. The summed E-state index contributed by atoms with van der Waals surface area (Å²) >= 11 is 6.23. The van der Waals surface area contributed by atoms with E-state index in [4.69, 9.17) is 36.3 Å². The van der Waals surface area contributed by atoms with Crippen molar-refractivity contribution in [3.63, 3.8) is 0 Å². The fourth-order valence-corrected chi connectivity index (χ4v) is 18.0. The van der Waals surface area contributed by atoms with Crippen molar-refractivity contribution in [1.29, 1.82) is 15.8 Å². The molecule has 6 atom stereocenters. The van der Waals surface area contributed by atoms with Crippen molar-refractivity contribution in [3.8, 4) is 29.5 Å². The number of anilines is 4. The number of methoxy groups -OCH3 is 2. The van der Waals surface area contributed by atoms with E-state index in [9.17, 15) is 38.4 Å². The maximum atomic E-state index is 14.3. The molecule has 1 aliphatic carbocycles. The van der Waals surface area contributed by atoms with Crippen molar-refractivity contribution < 1.29 is 47.4 Å². The predicted molar refractivity (Wildman–Crippen MR) is 478 cm³/mol. The van der Waals surface area contributed by atoms with Gasteiger partial charge in [0.05, 0.1) is 145 Å². The molecule has 0 radical (unpaired) electrons. The van der Waals surface area contributed by atoms with Gasteiger partial charge in [-0.2, -0.15) is 41.3 Å². The summed E-state index contributed by atoms with van der Waals surface area (Å²) in [5.74, 6) is 3.02. The fourth-order valence-electron chi connectivity index (χ4n) is 17.7. The molecule has 30 nitrogen and oxygen atoms in total. The molecule has 13 heterocycles. The molecule has 128 heavy (non-hydrogen) atoms. The monoisotopic (exact) mass is 1750 g/mol. The Morgan fingerprint density at radius 1 is 0.578 bits per heavy atom. The number of fused-ring (bicyclic) bond motifs is 1. The Labute approximate surface area is 748 Å². The predicted octanol–water partition coefficient (Wildman–Crippen LogP) is 13.6. The van der Waals surface area contributed by atoms with E-state index in [1.54, 1.807) is 27.0 Å². The first kappa shape index (κ1) is 90.3. The molecule has 1 saturated carbocycles. The van der Waals surface area contributed by atoms with E-state index in [2.05, 4.69) is 133 Å². The van der Waals surface area contributed by atoms with Crippen LogP contribution in [0, 0.1) is 67.9 Å². The third-order valence-corrected chi connectivity index (χ3v) is 24.8. The van der Waals surface area contributed by atoms with Gasteiger partial charge in [0.2, 0.25) is 11.8 Å². The van der Waals surface area contributed by atoms with Gasteiger partial charge in [-0.05, 0) is 125 Å². The lowest BCUT2D eigenvalue weighted by atomic mass is 9.82. The number of nitrogens with zero attached hydrogens (tertiary/aromatic N) is 18. The minimum Gasteiger partial charge on any atom is -0.469 e. The number of hydrogen-bond donors (Lipinski definition) is 3. The SMILES string of the molecule is CC(C)(C)OC(=O)N1Cc2nc(-c3c(F)cccc3C#N)cc(Cl)c2C1=O.COC(=O)C1(CC#N)CCC(c2ccn(Cc3ccccc3)n2)C1.COC(=O)C1CCN(c2ccn(Cc3ccccc3)n2)C1.N#CC1CCN(c2ccn(Cc3ccccc3)n2)C1.O=C1NCCC12CCN(c1ccn(Cc3ccccc3)n1)C2.O=C1NCCC12CCN(c1ccn[nH]1)C2. The lowest BCUT2D eigenvalue weighted by Gasteiger charge is -2.23. The average molecular weight is 1750 g/mol. The van der Waals surface area contributed by atoms with Crippen LogP contribution >= 0.6 is 11.6 Å². The summed E-state index contributed by atoms with van der Waals surface area (Å²) in [4.78, 5) is 86.3. The minimum absolute atomic E-state index is 0.00660. The number of imide groups is 1. The Kier molecular flexibility index (Phi) is 28.9. The molecule has 11 aromatic rings. The Morgan fingerprint density at radius 2 is 1.10 bits per heavy atom. The standard InChI is InChI=1S/C19H15ClFN3O3.C19H21N3O2.C17H20N4O.C16H19N3O2.C15H16N4.C10H14N4O/c1-19(2,3)27-18(26)24-9-14-16(17(24)25)11(20)7-13(23-14)15-10(8-22)5-4-6-12(15)21;1-24-18(23)19(10-11-20)9-7-16(13-19)17-8-12-22(21-17)14-15-5-3-2-4-6-15;22-16-17(7-9-18-16)8-11-20(13-17)15-6-10-21(19-15)12-14-4-2-1-3-5-14;1-21-16(20)14-7-9-18(12-14)15-8-10-19(17-15)11-13-5-3-2-4-6-13;16-10-14-6-8-18(11-14)15-7-9-19(17-15)12-13-4-2-1-3-5-13;15-9-10(2-5-11-9)3-6-14(7-10)8-1-4-12-13-8/h4-7H,9H2,1-3H3;2-6,8,12,16H,7,9-10,13-14H2,1H3;1-6,10H,7-9,11-13H2,(H,18,22);2-6,8,10,14H,7,9,11-12H2,1H3;1-5,7,9,14H,6,8,11-12H2;1,4H,2-3,5-7H2,(H,11,15)(H,12,13). The molecule has 662 valence electrons. The van der Waals surface area contributed by atoms with Gasteiger partial charge in [0.25, 0.3) is 5.91 Å². The molecule has 6 saturated heterocycles. The zero-order valence-electron chi connectivity index (χ0n) is 72.5. The fraction of sp³-hybridized carbons (Fsp3) is 0.385. The average Bonchev–Trinajstić information content (AvgIpc) is 1.41. The number of ether oxygens (including phenoxy) is 3. The number of hydrogen-bond acceptors (Lipinski definition) is 22. The number of carbonyl (C=O) groups excluding carboxylic acids is 6. The zero-order chi connectivity index (χ0) is 90.0. The summed E-state index contributed by atoms with van der Waals surface area (Å²) in [7, 11) is 2.84. The molecule has 19 rings (SSSR count). The molecule has 32 heteroatoms. The second-order valence-electron chi connectivity index (χ2n) is 34.4. The molecular formula is C96H105ClFN21O9. The van der Waals surface area contributed by atoms with Crippen molar-refractivity contribution in [2.24, 2.45) is 28.1 Å². The number of nitrogens with one attached hydrogen (secondary N) is 3. The maximum absolute atomic E-state index is 14.3. The van der Waals surface area contributed by atoms with E-state index < -0.39 is 28.8 Å². The van der Waals surface area contributed by atoms with E-state index in [0.717, 1.165) is 164 Å². The van der Waals surface area contributed by atoms with Crippen LogP contribution in [0.5, 0.6) is 0 Å². The minimum atomic E-state index is -0.813. The lowest BCUT2D eigenvalue weighted by molar-refractivity contribution is -0.152. The van der Waals surface area contributed by atoms with Crippen LogP contribution in [0.2, 0.25) is 5.02 Å². The summed E-state index contributed by atoms with van der Waals surface area (Å²) in [6, 6.07) is 62.9. The van der Waals surface area contributed by atoms with Crippen molar-refractivity contribution in [2.45, 2.75) is 129 Å². The summed E-state index contributed by atoms with van der Waals surface area (Å²) in [5, 5.41) is 58.6. The second kappa shape index (κ2) is 41.0. The van der Waals surface area contributed by atoms with Crippen LogP contribution in [-0.2, 0) is 66.1 Å². The molecule has 7 fully saturated rings. The second-order valence-corrected chi connectivity index (χ2v) is 34.8. The molecule has 5 aromatic carbocycles. The molecule has 6 unspecified atom stereocenters. The summed E-state index contributed by atoms with van der Waals surface area (Å²) in [6.07, 6.45) is 16.9. The van der Waals surface area contributed by atoms with Crippen molar-refractivity contribution >= 4 is 70.6 Å². The van der Waals surface area contributed by atoms with E-state index in [1.807, 2.05) is 147 Å². The van der Waals surface area contributed by atoms with Crippen LogP contribution in [-0.4, -0.2) is 180 Å². The lowest BCUT2D eigenvalue weighted by Crippen LogP contribution is -2.36. The van der Waals surface area contributed by atoms with Gasteiger partial charge < -0.3 is 44.4 Å². The van der Waals surface area contributed by atoms with Crippen molar-refractivity contribution in [3.05, 3.63) is 263 Å². The molecular weight excluding hydrogens is 1650 g/mol. The van der Waals surface area contributed by atoms with Crippen molar-refractivity contribution in [1.82, 2.24) is 69.8 Å². The van der Waals surface area contributed by atoms with Gasteiger partial charge in [-0.25, -0.2) is 19.1 Å². The maximum Gasteiger partial charge on any atom is 0.417 e. The van der Waals surface area contributed by atoms with Gasteiger partial charge in [0.1, 0.15) is 17.2 Å². The molecule has 7 aliphatic heterocycles. The third-order valence-electron chi connectivity index (χ3n) is 24.5. The van der Waals surface area contributed by atoms with Crippen LogP contribution < -0.4 is 30.2 Å². The zero-order valence-corrected chi connectivity index (χ0v) is 73.3. The Balaban J connectivity index is 0.000000125. The van der Waals surface area contributed by atoms with Crippen LogP contribution in [0.3, 0.4) is 0 Å². The molecule has 2 spiro atoms. The first-order valence-electron chi connectivity index (χ1n) is 43.2. The van der Waals surface area contributed by atoms with Crippen LogP contribution in [0.4, 0.5) is 32.5 Å². The number of benzene rings is 5. The van der Waals surface area contributed by atoms with Crippen LogP contribution in [0.15, 0.2) is 207 Å². The number of pyridine rings is 1. The molecule has 8 aliphatic rings.